The molecule has 29 heteroatoms. The molecule has 0 atom stereocenters. The molecule has 0 saturated heterocycles. The number of benzene rings is 12. The summed E-state index contributed by atoms with van der Waals surface area (Å²) >= 11 is 0. The number of nitriles is 1. The zero-order chi connectivity index (χ0) is 81.5. The summed E-state index contributed by atoms with van der Waals surface area (Å²) in [6.07, 6.45) is -42.9. The summed E-state index contributed by atoms with van der Waals surface area (Å²) < 4.78 is 352. The van der Waals surface area contributed by atoms with Gasteiger partial charge in [0.25, 0.3) is 0 Å². The minimum atomic E-state index is -5.46. The van der Waals surface area contributed by atoms with Crippen LogP contribution in [0.15, 0.2) is 243 Å². The molecule has 0 saturated carbocycles. The number of rotatable bonds is 10. The lowest BCUT2D eigenvalue weighted by molar-refractivity contribution is -0.144. The van der Waals surface area contributed by atoms with E-state index in [1.807, 2.05) is 0 Å². The number of halogens is 24. The van der Waals surface area contributed by atoms with Gasteiger partial charge < -0.3 is 4.57 Å². The SMILES string of the molecule is N#Cc1c(-c2ccc(-c3nc(-c4ccccc4)nc(-c4ccccc4)n3)c(C3c4ccc(-c5ccc(C(F)(F)F)cc5C(F)(F)F)cc4-c4cc(-c5ccc(C(F)(F)F)cc5C(F)(F)F)ccc43)c2)cccc1-n1c2ccc(-c3ccc(C(F)(F)F)cc3C(F)(F)F)cc2c2cc(-c3ccc(C(F)(F)F)cc3C(F)(F)F)ccc21. The Morgan fingerprint density at radius 3 is 0.930 bits per heavy atom. The predicted octanol–water partition coefficient (Wildman–Crippen LogP) is 27.5. The number of hydrogen-bond donors (Lipinski definition) is 0. The molecule has 15 rings (SSSR count). The van der Waals surface area contributed by atoms with Crippen molar-refractivity contribution in [2.24, 2.45) is 0 Å². The number of aromatic nitrogens is 4. The summed E-state index contributed by atoms with van der Waals surface area (Å²) in [6, 6.07) is 45.2. The Morgan fingerprint density at radius 1 is 0.254 bits per heavy atom. The molecule has 2 aromatic heterocycles. The van der Waals surface area contributed by atoms with Gasteiger partial charge in [-0.05, 0) is 175 Å². The molecule has 0 unspecified atom stereocenters. The van der Waals surface area contributed by atoms with Crippen LogP contribution in [0.2, 0.25) is 0 Å². The maximum absolute atomic E-state index is 15.2. The van der Waals surface area contributed by atoms with E-state index in [2.05, 4.69) is 6.07 Å². The number of alkyl halides is 24. The largest absolute Gasteiger partial charge is 0.417 e. The van der Waals surface area contributed by atoms with Gasteiger partial charge in [-0.15, -0.1) is 0 Å². The minimum Gasteiger partial charge on any atom is -0.308 e. The highest BCUT2D eigenvalue weighted by atomic mass is 19.4. The lowest BCUT2D eigenvalue weighted by Gasteiger charge is -2.22. The minimum absolute atomic E-state index is 0.0175. The Balaban J connectivity index is 0.998. The van der Waals surface area contributed by atoms with Gasteiger partial charge in [0.15, 0.2) is 17.5 Å². The molecule has 1 aliphatic carbocycles. The highest BCUT2D eigenvalue weighted by Gasteiger charge is 2.45. The van der Waals surface area contributed by atoms with E-state index < -0.39 is 133 Å². The normalized spacial score (nSPS) is 13.2. The summed E-state index contributed by atoms with van der Waals surface area (Å²) in [6.45, 7) is 0. The van der Waals surface area contributed by atoms with Crippen molar-refractivity contribution >= 4 is 21.8 Å². The third kappa shape index (κ3) is 14.1. The van der Waals surface area contributed by atoms with E-state index in [1.165, 1.54) is 65.2 Å². The predicted molar refractivity (Wildman–Crippen MR) is 375 cm³/mol. The van der Waals surface area contributed by atoms with E-state index in [4.69, 9.17) is 15.0 Å². The van der Waals surface area contributed by atoms with Gasteiger partial charge in [0.05, 0.1) is 66.8 Å². The standard InChI is InChI=1S/C85H41F24N5/c86-78(87,88)49-19-26-54(67(37-49)82(98,99)100)45-14-23-58-61(32-45)62-33-46(55-27-20-50(79(89,90)91)38-68(55)83(101,102)103)15-24-59(62)74(58)65-36-44(16-25-60(65)77-112-75(42-8-3-1-4-9-42)111-76(113-77)43-10-5-2-6-11-43)53-12-7-13-71(66(53)41-110)114-72-30-17-47(56-28-21-51(80(92,93)94)39-69(56)84(104,105)106)34-63(72)64-35-48(18-31-73(64)114)57-29-22-52(81(95,96)97)40-70(57)85(107,108)109/h1-40,74H. The summed E-state index contributed by atoms with van der Waals surface area (Å²) in [5.74, 6) is -1.25. The van der Waals surface area contributed by atoms with Crippen LogP contribution in [0, 0.1) is 11.3 Å². The average molecular weight is 1590 g/mol. The van der Waals surface area contributed by atoms with E-state index in [9.17, 15) is 84.3 Å². The molecule has 5 nitrogen and oxygen atoms in total. The van der Waals surface area contributed by atoms with Crippen LogP contribution in [0.5, 0.6) is 0 Å². The van der Waals surface area contributed by atoms with Gasteiger partial charge in [-0.3, -0.25) is 0 Å². The summed E-state index contributed by atoms with van der Waals surface area (Å²) in [5, 5.41) is 11.4. The van der Waals surface area contributed by atoms with Crippen molar-refractivity contribution in [2.75, 3.05) is 0 Å². The molecule has 574 valence electrons. The summed E-state index contributed by atoms with van der Waals surface area (Å²) in [5.41, 5.74) is -17.6. The van der Waals surface area contributed by atoms with E-state index >= 15 is 26.3 Å². The van der Waals surface area contributed by atoms with E-state index in [1.54, 1.807) is 60.7 Å². The third-order valence-corrected chi connectivity index (χ3v) is 19.6. The Labute approximate surface area is 627 Å². The van der Waals surface area contributed by atoms with Crippen molar-refractivity contribution in [3.8, 4) is 113 Å². The monoisotopic (exact) mass is 1590 g/mol. The van der Waals surface area contributed by atoms with Crippen LogP contribution in [-0.2, 0) is 49.4 Å². The van der Waals surface area contributed by atoms with Crippen LogP contribution in [0.25, 0.3) is 128 Å². The van der Waals surface area contributed by atoms with E-state index in [0.717, 1.165) is 48.5 Å². The first-order valence-electron chi connectivity index (χ1n) is 33.6. The van der Waals surface area contributed by atoms with Gasteiger partial charge in [-0.25, -0.2) is 15.0 Å². The van der Waals surface area contributed by atoms with E-state index in [-0.39, 0.29) is 130 Å². The lowest BCUT2D eigenvalue weighted by Crippen LogP contribution is -2.12. The van der Waals surface area contributed by atoms with Gasteiger partial charge in [-0.2, -0.15) is 111 Å². The Morgan fingerprint density at radius 2 is 0.579 bits per heavy atom. The van der Waals surface area contributed by atoms with Gasteiger partial charge >= 0.3 is 49.4 Å². The highest BCUT2D eigenvalue weighted by Crippen LogP contribution is 2.56. The first-order valence-corrected chi connectivity index (χ1v) is 33.6. The van der Waals surface area contributed by atoms with Crippen LogP contribution in [0.3, 0.4) is 0 Å². The van der Waals surface area contributed by atoms with Crippen molar-refractivity contribution in [3.63, 3.8) is 0 Å². The van der Waals surface area contributed by atoms with Crippen molar-refractivity contribution < 1.29 is 105 Å². The Kier molecular flexibility index (Phi) is 18.3. The topological polar surface area (TPSA) is 67.4 Å². The molecule has 1 aliphatic rings. The second-order valence-corrected chi connectivity index (χ2v) is 26.5. The first-order chi connectivity index (χ1) is 53.5. The van der Waals surface area contributed by atoms with Crippen LogP contribution in [-0.4, -0.2) is 19.5 Å². The quantitative estimate of drug-likeness (QED) is 0.128. The zero-order valence-electron chi connectivity index (χ0n) is 57.0. The van der Waals surface area contributed by atoms with Crippen molar-refractivity contribution in [2.45, 2.75) is 55.3 Å². The van der Waals surface area contributed by atoms with Gasteiger partial charge in [-0.1, -0.05) is 146 Å². The fraction of sp³-hybridized carbons (Fsp3) is 0.106. The van der Waals surface area contributed by atoms with Gasteiger partial charge in [0.2, 0.25) is 0 Å². The van der Waals surface area contributed by atoms with Crippen molar-refractivity contribution in [3.05, 3.63) is 309 Å². The third-order valence-electron chi connectivity index (χ3n) is 19.6. The molecular formula is C85H41F24N5. The fourth-order valence-corrected chi connectivity index (χ4v) is 14.6. The molecule has 0 amide bonds. The van der Waals surface area contributed by atoms with Crippen LogP contribution in [0.4, 0.5) is 105 Å². The molecule has 0 radical (unpaired) electrons. The van der Waals surface area contributed by atoms with Gasteiger partial charge in [0, 0.05) is 38.9 Å². The highest BCUT2D eigenvalue weighted by molar-refractivity contribution is 6.12. The summed E-state index contributed by atoms with van der Waals surface area (Å²) in [7, 11) is 0. The second kappa shape index (κ2) is 27.3. The molecule has 0 spiro atoms. The maximum Gasteiger partial charge on any atom is 0.417 e. The molecule has 0 bridgehead atoms. The molecule has 0 aliphatic heterocycles. The first kappa shape index (κ1) is 76.6. The lowest BCUT2D eigenvalue weighted by atomic mass is 9.83. The number of nitrogens with zero attached hydrogens (tertiary/aromatic N) is 5. The fourth-order valence-electron chi connectivity index (χ4n) is 14.6. The smallest absolute Gasteiger partial charge is 0.308 e. The zero-order valence-corrected chi connectivity index (χ0v) is 57.0. The maximum atomic E-state index is 15.2. The average Bonchev–Trinajstić information content (AvgIpc) is 1.57. The molecule has 2 heterocycles. The van der Waals surface area contributed by atoms with Crippen LogP contribution in [0.1, 0.15) is 72.7 Å². The molecule has 0 N–H and O–H groups in total. The molecule has 14 aromatic rings. The molecule has 114 heavy (non-hydrogen) atoms. The van der Waals surface area contributed by atoms with Crippen molar-refractivity contribution in [1.82, 2.24) is 19.5 Å². The van der Waals surface area contributed by atoms with Crippen LogP contribution < -0.4 is 0 Å². The molecule has 12 aromatic carbocycles. The number of fused-ring (bicyclic) bond motifs is 6. The van der Waals surface area contributed by atoms with Crippen molar-refractivity contribution in [1.29, 1.82) is 5.26 Å². The van der Waals surface area contributed by atoms with Gasteiger partial charge in [0.1, 0.15) is 6.07 Å². The molecule has 0 fully saturated rings. The number of hydrogen-bond acceptors (Lipinski definition) is 4. The van der Waals surface area contributed by atoms with E-state index in [0.29, 0.717) is 59.7 Å². The Hall–Kier alpha value is -12.7. The Bertz CT molecular complexity index is 5940. The second-order valence-electron chi connectivity index (χ2n) is 26.5. The van der Waals surface area contributed by atoms with Crippen LogP contribution >= 0.6 is 0 Å². The molecular weight excluding hydrogens is 1550 g/mol. The summed E-state index contributed by atoms with van der Waals surface area (Å²) in [4.78, 5) is 14.7.